The van der Waals surface area contributed by atoms with Gasteiger partial charge in [0.15, 0.2) is 0 Å². The number of rotatable bonds is 5. The number of benzene rings is 1. The number of carbonyl (C=O) groups is 1. The van der Waals surface area contributed by atoms with Crippen LogP contribution in [0.15, 0.2) is 22.7 Å². The van der Waals surface area contributed by atoms with Crippen LogP contribution >= 0.6 is 15.9 Å². The maximum Gasteiger partial charge on any atom is 0.238 e. The van der Waals surface area contributed by atoms with Crippen LogP contribution < -0.4 is 11.1 Å². The van der Waals surface area contributed by atoms with Crippen molar-refractivity contribution >= 4 is 27.5 Å². The second kappa shape index (κ2) is 7.92. The Kier molecular flexibility index (Phi) is 6.21. The van der Waals surface area contributed by atoms with Gasteiger partial charge in [0.2, 0.25) is 5.91 Å². The van der Waals surface area contributed by atoms with Gasteiger partial charge in [-0.1, -0.05) is 15.9 Å². The summed E-state index contributed by atoms with van der Waals surface area (Å²) in [7, 11) is 0. The maximum atomic E-state index is 12.2. The van der Waals surface area contributed by atoms with Gasteiger partial charge in [-0.25, -0.2) is 0 Å². The largest absolute Gasteiger partial charge is 0.330 e. The highest BCUT2D eigenvalue weighted by Gasteiger charge is 2.21. The summed E-state index contributed by atoms with van der Waals surface area (Å²) in [5, 5.41) is 2.98. The van der Waals surface area contributed by atoms with Gasteiger partial charge in [0.05, 0.1) is 6.54 Å². The summed E-state index contributed by atoms with van der Waals surface area (Å²) in [6.07, 6.45) is 3.46. The predicted octanol–water partition coefficient (Wildman–Crippen LogP) is 2.76. The van der Waals surface area contributed by atoms with E-state index >= 15 is 0 Å². The predicted molar refractivity (Wildman–Crippen MR) is 90.3 cm³/mol. The molecule has 1 aliphatic rings. The minimum Gasteiger partial charge on any atom is -0.330 e. The number of amides is 1. The minimum absolute atomic E-state index is 0.0603. The standard InChI is InChI=1S/C16H24BrN3O/c1-12-9-14(4-5-15(12)17)19-16(21)11-20-8-2-3-13(10-20)6-7-18/h4-5,9,13H,2-3,6-8,10-11,18H2,1H3,(H,19,21). The Hall–Kier alpha value is -0.910. The number of hydrogen-bond donors (Lipinski definition) is 2. The van der Waals surface area contributed by atoms with E-state index < -0.39 is 0 Å². The Labute approximate surface area is 135 Å². The summed E-state index contributed by atoms with van der Waals surface area (Å²) in [6.45, 7) is 5.22. The maximum absolute atomic E-state index is 12.2. The van der Waals surface area contributed by atoms with Crippen LogP contribution in [0.4, 0.5) is 5.69 Å². The van der Waals surface area contributed by atoms with Crippen molar-refractivity contribution < 1.29 is 4.79 Å². The second-order valence-electron chi connectivity index (χ2n) is 5.83. The van der Waals surface area contributed by atoms with Crippen LogP contribution in [0.5, 0.6) is 0 Å². The molecule has 2 rings (SSSR count). The topological polar surface area (TPSA) is 58.4 Å². The summed E-state index contributed by atoms with van der Waals surface area (Å²) < 4.78 is 1.06. The Morgan fingerprint density at radius 1 is 1.52 bits per heavy atom. The number of halogens is 1. The van der Waals surface area contributed by atoms with Gasteiger partial charge < -0.3 is 11.1 Å². The lowest BCUT2D eigenvalue weighted by molar-refractivity contribution is -0.117. The highest BCUT2D eigenvalue weighted by atomic mass is 79.9. The Bertz CT molecular complexity index is 490. The molecule has 1 unspecified atom stereocenters. The van der Waals surface area contributed by atoms with Crippen molar-refractivity contribution in [3.63, 3.8) is 0 Å². The number of likely N-dealkylation sites (tertiary alicyclic amines) is 1. The average Bonchev–Trinajstić information content (AvgIpc) is 2.43. The molecule has 1 saturated heterocycles. The lowest BCUT2D eigenvalue weighted by Crippen LogP contribution is -2.40. The molecule has 1 aromatic carbocycles. The molecular formula is C16H24BrN3O. The highest BCUT2D eigenvalue weighted by molar-refractivity contribution is 9.10. The molecule has 3 N–H and O–H groups in total. The van der Waals surface area contributed by atoms with Crippen molar-refractivity contribution in [3.8, 4) is 0 Å². The van der Waals surface area contributed by atoms with E-state index in [1.165, 1.54) is 6.42 Å². The molecule has 1 aromatic rings. The molecule has 0 aromatic heterocycles. The molecule has 0 bridgehead atoms. The van der Waals surface area contributed by atoms with Crippen LogP contribution in [0.2, 0.25) is 0 Å². The zero-order chi connectivity index (χ0) is 15.2. The Morgan fingerprint density at radius 3 is 3.05 bits per heavy atom. The van der Waals surface area contributed by atoms with E-state index in [0.29, 0.717) is 12.5 Å². The third kappa shape index (κ3) is 5.09. The Morgan fingerprint density at radius 2 is 2.33 bits per heavy atom. The van der Waals surface area contributed by atoms with Gasteiger partial charge in [-0.3, -0.25) is 9.69 Å². The first-order valence-corrected chi connectivity index (χ1v) is 8.36. The van der Waals surface area contributed by atoms with Gasteiger partial charge in [0.25, 0.3) is 0 Å². The summed E-state index contributed by atoms with van der Waals surface area (Å²) in [6, 6.07) is 5.86. The number of carbonyl (C=O) groups excluding carboxylic acids is 1. The van der Waals surface area contributed by atoms with Crippen LogP contribution in [0.25, 0.3) is 0 Å². The molecule has 0 saturated carbocycles. The van der Waals surface area contributed by atoms with Crippen LogP contribution in [0.1, 0.15) is 24.8 Å². The molecule has 1 amide bonds. The first-order valence-electron chi connectivity index (χ1n) is 7.57. The van der Waals surface area contributed by atoms with Crippen LogP contribution in [0.3, 0.4) is 0 Å². The smallest absolute Gasteiger partial charge is 0.238 e. The summed E-state index contributed by atoms with van der Waals surface area (Å²) in [4.78, 5) is 14.4. The van der Waals surface area contributed by atoms with Crippen molar-refractivity contribution in [2.75, 3.05) is 31.5 Å². The van der Waals surface area contributed by atoms with Crippen LogP contribution in [-0.4, -0.2) is 37.0 Å². The molecule has 1 atom stereocenters. The molecule has 0 aliphatic carbocycles. The van der Waals surface area contributed by atoms with Crippen LogP contribution in [-0.2, 0) is 4.79 Å². The fraction of sp³-hybridized carbons (Fsp3) is 0.562. The van der Waals surface area contributed by atoms with Crippen molar-refractivity contribution in [1.29, 1.82) is 0 Å². The number of anilines is 1. The van der Waals surface area contributed by atoms with E-state index in [1.807, 2.05) is 25.1 Å². The summed E-state index contributed by atoms with van der Waals surface area (Å²) in [5.74, 6) is 0.705. The number of nitrogens with one attached hydrogen (secondary N) is 1. The fourth-order valence-electron chi connectivity index (χ4n) is 2.89. The van der Waals surface area contributed by atoms with Gasteiger partial charge in [0.1, 0.15) is 0 Å². The van der Waals surface area contributed by atoms with Gasteiger partial charge in [-0.05, 0) is 69.0 Å². The molecule has 1 fully saturated rings. The Balaban J connectivity index is 1.84. The quantitative estimate of drug-likeness (QED) is 0.855. The first-order chi connectivity index (χ1) is 10.1. The normalized spacial score (nSPS) is 19.5. The van der Waals surface area contributed by atoms with Crippen molar-refractivity contribution in [1.82, 2.24) is 4.90 Å². The number of nitrogens with two attached hydrogens (primary N) is 1. The molecule has 1 aliphatic heterocycles. The third-order valence-corrected chi connectivity index (χ3v) is 4.88. The van der Waals surface area contributed by atoms with E-state index in [9.17, 15) is 4.79 Å². The third-order valence-electron chi connectivity index (χ3n) is 3.99. The number of nitrogens with zero attached hydrogens (tertiary/aromatic N) is 1. The molecule has 21 heavy (non-hydrogen) atoms. The molecule has 116 valence electrons. The van der Waals surface area contributed by atoms with Gasteiger partial charge in [-0.2, -0.15) is 0 Å². The van der Waals surface area contributed by atoms with Gasteiger partial charge >= 0.3 is 0 Å². The monoisotopic (exact) mass is 353 g/mol. The number of hydrogen-bond acceptors (Lipinski definition) is 3. The minimum atomic E-state index is 0.0603. The molecule has 4 nitrogen and oxygen atoms in total. The molecule has 1 heterocycles. The van der Waals surface area contributed by atoms with E-state index in [0.717, 1.165) is 48.2 Å². The number of aryl methyl sites for hydroxylation is 1. The molecule has 0 radical (unpaired) electrons. The summed E-state index contributed by atoms with van der Waals surface area (Å²) in [5.41, 5.74) is 7.61. The van der Waals surface area contributed by atoms with Crippen molar-refractivity contribution in [3.05, 3.63) is 28.2 Å². The number of piperidine rings is 1. The van der Waals surface area contributed by atoms with Gasteiger partial charge in [-0.15, -0.1) is 0 Å². The fourth-order valence-corrected chi connectivity index (χ4v) is 3.14. The average molecular weight is 354 g/mol. The van der Waals surface area contributed by atoms with E-state index in [4.69, 9.17) is 5.73 Å². The highest BCUT2D eigenvalue weighted by Crippen LogP contribution is 2.21. The zero-order valence-corrected chi connectivity index (χ0v) is 14.2. The van der Waals surface area contributed by atoms with Gasteiger partial charge in [0, 0.05) is 16.7 Å². The zero-order valence-electron chi connectivity index (χ0n) is 12.6. The lowest BCUT2D eigenvalue weighted by atomic mass is 9.95. The van der Waals surface area contributed by atoms with Crippen molar-refractivity contribution in [2.24, 2.45) is 11.7 Å². The SMILES string of the molecule is Cc1cc(NC(=O)CN2CCCC(CCN)C2)ccc1Br. The first kappa shape index (κ1) is 16.5. The lowest BCUT2D eigenvalue weighted by Gasteiger charge is -2.32. The molecule has 0 spiro atoms. The summed E-state index contributed by atoms with van der Waals surface area (Å²) >= 11 is 3.47. The van der Waals surface area contributed by atoms with E-state index in [2.05, 4.69) is 26.1 Å². The molecule has 5 heteroatoms. The van der Waals surface area contributed by atoms with Crippen LogP contribution in [0, 0.1) is 12.8 Å². The van der Waals surface area contributed by atoms with Crippen molar-refractivity contribution in [2.45, 2.75) is 26.2 Å². The second-order valence-corrected chi connectivity index (χ2v) is 6.69. The van der Waals surface area contributed by atoms with E-state index in [-0.39, 0.29) is 5.91 Å². The van der Waals surface area contributed by atoms with E-state index in [1.54, 1.807) is 0 Å². The molecular weight excluding hydrogens is 330 g/mol.